The summed E-state index contributed by atoms with van der Waals surface area (Å²) in [6.07, 6.45) is 1.63. The van der Waals surface area contributed by atoms with Crippen LogP contribution in [0.25, 0.3) is 0 Å². The predicted octanol–water partition coefficient (Wildman–Crippen LogP) is 3.44. The van der Waals surface area contributed by atoms with E-state index in [4.69, 9.17) is 9.47 Å². The fraction of sp³-hybridized carbons (Fsp3) is 0.333. The Hall–Kier alpha value is -2.82. The molecule has 5 heteroatoms. The van der Waals surface area contributed by atoms with E-state index in [1.807, 2.05) is 30.3 Å². The summed E-state index contributed by atoms with van der Waals surface area (Å²) in [6, 6.07) is 14.4. The van der Waals surface area contributed by atoms with Crippen molar-refractivity contribution in [2.75, 3.05) is 27.3 Å². The Balaban J connectivity index is 1.75. The second-order valence-corrected chi connectivity index (χ2v) is 6.39. The van der Waals surface area contributed by atoms with Gasteiger partial charge in [0, 0.05) is 30.1 Å². The Labute approximate surface area is 153 Å². The number of likely N-dealkylation sites (tertiary alicyclic amines) is 1. The van der Waals surface area contributed by atoms with Gasteiger partial charge in [-0.05, 0) is 31.0 Å². The second-order valence-electron chi connectivity index (χ2n) is 6.39. The number of Topliss-reactive ketones (excluding diaryl/α,β-unsaturated/α-hetero) is 1. The van der Waals surface area contributed by atoms with E-state index >= 15 is 0 Å². The van der Waals surface area contributed by atoms with Crippen LogP contribution in [0.3, 0.4) is 0 Å². The molecular formula is C21H23NO4. The fourth-order valence-corrected chi connectivity index (χ4v) is 3.37. The van der Waals surface area contributed by atoms with E-state index in [0.717, 1.165) is 12.8 Å². The zero-order valence-electron chi connectivity index (χ0n) is 15.1. The molecule has 0 radical (unpaired) electrons. The number of hydrogen-bond acceptors (Lipinski definition) is 4. The van der Waals surface area contributed by atoms with Crippen molar-refractivity contribution in [2.45, 2.75) is 12.8 Å². The van der Waals surface area contributed by atoms with Crippen LogP contribution < -0.4 is 9.47 Å². The van der Waals surface area contributed by atoms with Gasteiger partial charge in [-0.15, -0.1) is 0 Å². The summed E-state index contributed by atoms with van der Waals surface area (Å²) in [6.45, 7) is 1.10. The van der Waals surface area contributed by atoms with Crippen LogP contribution in [-0.2, 0) is 0 Å². The lowest BCUT2D eigenvalue weighted by Gasteiger charge is -2.32. The molecule has 0 saturated carbocycles. The topological polar surface area (TPSA) is 55.8 Å². The SMILES string of the molecule is COc1ccc(C(=O)N2CCCC(C(=O)c3ccccc3)C2)cc1OC. The Morgan fingerprint density at radius 3 is 2.38 bits per heavy atom. The Kier molecular flexibility index (Phi) is 5.56. The maximum absolute atomic E-state index is 12.9. The van der Waals surface area contributed by atoms with Gasteiger partial charge in [0.25, 0.3) is 5.91 Å². The van der Waals surface area contributed by atoms with Crippen LogP contribution >= 0.6 is 0 Å². The second kappa shape index (κ2) is 8.04. The zero-order valence-corrected chi connectivity index (χ0v) is 15.1. The highest BCUT2D eigenvalue weighted by atomic mass is 16.5. The van der Waals surface area contributed by atoms with Crippen molar-refractivity contribution < 1.29 is 19.1 Å². The molecule has 0 aromatic heterocycles. The molecule has 0 spiro atoms. The highest BCUT2D eigenvalue weighted by Gasteiger charge is 2.29. The molecule has 1 aliphatic heterocycles. The number of carbonyl (C=O) groups excluding carboxylic acids is 2. The molecule has 1 fully saturated rings. The molecule has 3 rings (SSSR count). The van der Waals surface area contributed by atoms with Crippen LogP contribution in [0.1, 0.15) is 33.6 Å². The summed E-state index contributed by atoms with van der Waals surface area (Å²) in [5, 5.41) is 0. The van der Waals surface area contributed by atoms with Gasteiger partial charge in [0.15, 0.2) is 17.3 Å². The van der Waals surface area contributed by atoms with Gasteiger partial charge >= 0.3 is 0 Å². The van der Waals surface area contributed by atoms with E-state index in [9.17, 15) is 9.59 Å². The average Bonchev–Trinajstić information content (AvgIpc) is 2.72. The van der Waals surface area contributed by atoms with E-state index in [-0.39, 0.29) is 17.6 Å². The molecule has 26 heavy (non-hydrogen) atoms. The van der Waals surface area contributed by atoms with Crippen LogP contribution in [0.2, 0.25) is 0 Å². The third-order valence-electron chi connectivity index (χ3n) is 4.77. The summed E-state index contributed by atoms with van der Waals surface area (Å²) >= 11 is 0. The molecule has 1 atom stereocenters. The third-order valence-corrected chi connectivity index (χ3v) is 4.77. The molecule has 1 saturated heterocycles. The lowest BCUT2D eigenvalue weighted by Crippen LogP contribution is -2.42. The lowest BCUT2D eigenvalue weighted by molar-refractivity contribution is 0.0636. The van der Waals surface area contributed by atoms with Crippen LogP contribution in [0.15, 0.2) is 48.5 Å². The van der Waals surface area contributed by atoms with Crippen molar-refractivity contribution in [3.63, 3.8) is 0 Å². The summed E-state index contributed by atoms with van der Waals surface area (Å²) in [4.78, 5) is 27.4. The molecule has 1 aliphatic rings. The first kappa shape index (κ1) is 18.0. The quantitative estimate of drug-likeness (QED) is 0.773. The van der Waals surface area contributed by atoms with Gasteiger partial charge in [0.1, 0.15) is 0 Å². The predicted molar refractivity (Wildman–Crippen MR) is 98.9 cm³/mol. The molecule has 0 bridgehead atoms. The van der Waals surface area contributed by atoms with Crippen LogP contribution in [0.4, 0.5) is 0 Å². The summed E-state index contributed by atoms with van der Waals surface area (Å²) in [5.41, 5.74) is 1.24. The molecule has 0 aliphatic carbocycles. The third kappa shape index (κ3) is 3.72. The Bertz CT molecular complexity index is 788. The smallest absolute Gasteiger partial charge is 0.254 e. The van der Waals surface area contributed by atoms with Crippen molar-refractivity contribution in [3.8, 4) is 11.5 Å². The molecule has 1 unspecified atom stereocenters. The number of ether oxygens (including phenoxy) is 2. The molecule has 1 amide bonds. The number of ketones is 1. The normalized spacial score (nSPS) is 16.8. The molecule has 136 valence electrons. The molecule has 5 nitrogen and oxygen atoms in total. The van der Waals surface area contributed by atoms with Crippen molar-refractivity contribution in [1.29, 1.82) is 0 Å². The van der Waals surface area contributed by atoms with E-state index < -0.39 is 0 Å². The standard InChI is InChI=1S/C21H23NO4/c1-25-18-11-10-16(13-19(18)26-2)21(24)22-12-6-9-17(14-22)20(23)15-7-4-3-5-8-15/h3-5,7-8,10-11,13,17H,6,9,12,14H2,1-2H3. The molecular weight excluding hydrogens is 330 g/mol. The maximum Gasteiger partial charge on any atom is 0.254 e. The van der Waals surface area contributed by atoms with Crippen LogP contribution in [-0.4, -0.2) is 43.9 Å². The van der Waals surface area contributed by atoms with Crippen molar-refractivity contribution in [1.82, 2.24) is 4.90 Å². The summed E-state index contributed by atoms with van der Waals surface area (Å²) in [7, 11) is 3.10. The number of rotatable bonds is 5. The zero-order chi connectivity index (χ0) is 18.5. The molecule has 1 heterocycles. The fourth-order valence-electron chi connectivity index (χ4n) is 3.37. The average molecular weight is 353 g/mol. The Morgan fingerprint density at radius 1 is 0.962 bits per heavy atom. The first-order chi connectivity index (χ1) is 12.6. The van der Waals surface area contributed by atoms with E-state index in [0.29, 0.717) is 35.7 Å². The number of piperidine rings is 1. The highest BCUT2D eigenvalue weighted by Crippen LogP contribution is 2.29. The lowest BCUT2D eigenvalue weighted by atomic mass is 9.89. The number of benzene rings is 2. The number of methoxy groups -OCH3 is 2. The first-order valence-corrected chi connectivity index (χ1v) is 8.74. The number of carbonyl (C=O) groups is 2. The summed E-state index contributed by atoms with van der Waals surface area (Å²) < 4.78 is 10.5. The van der Waals surface area contributed by atoms with E-state index in [1.165, 1.54) is 0 Å². The van der Waals surface area contributed by atoms with Crippen molar-refractivity contribution in [3.05, 3.63) is 59.7 Å². The van der Waals surface area contributed by atoms with Gasteiger partial charge in [-0.25, -0.2) is 0 Å². The highest BCUT2D eigenvalue weighted by molar-refractivity contribution is 5.99. The van der Waals surface area contributed by atoms with Crippen LogP contribution in [0, 0.1) is 5.92 Å². The van der Waals surface area contributed by atoms with Gasteiger partial charge in [0.2, 0.25) is 0 Å². The minimum Gasteiger partial charge on any atom is -0.493 e. The van der Waals surface area contributed by atoms with Gasteiger partial charge in [-0.1, -0.05) is 30.3 Å². The molecule has 0 N–H and O–H groups in total. The van der Waals surface area contributed by atoms with Crippen molar-refractivity contribution in [2.24, 2.45) is 5.92 Å². The van der Waals surface area contributed by atoms with Gasteiger partial charge in [-0.2, -0.15) is 0 Å². The number of amides is 1. The maximum atomic E-state index is 12.9. The monoisotopic (exact) mass is 353 g/mol. The van der Waals surface area contributed by atoms with Gasteiger partial charge in [0.05, 0.1) is 14.2 Å². The Morgan fingerprint density at radius 2 is 1.69 bits per heavy atom. The minimum absolute atomic E-state index is 0.0866. The first-order valence-electron chi connectivity index (χ1n) is 8.74. The minimum atomic E-state index is -0.157. The van der Waals surface area contributed by atoms with E-state index in [2.05, 4.69) is 0 Å². The largest absolute Gasteiger partial charge is 0.493 e. The summed E-state index contributed by atoms with van der Waals surface area (Å²) in [5.74, 6) is 0.967. The van der Waals surface area contributed by atoms with Crippen molar-refractivity contribution >= 4 is 11.7 Å². The van der Waals surface area contributed by atoms with Gasteiger partial charge in [-0.3, -0.25) is 9.59 Å². The molecule has 2 aromatic rings. The van der Waals surface area contributed by atoms with Crippen LogP contribution in [0.5, 0.6) is 11.5 Å². The number of hydrogen-bond donors (Lipinski definition) is 0. The van der Waals surface area contributed by atoms with E-state index in [1.54, 1.807) is 37.3 Å². The van der Waals surface area contributed by atoms with Gasteiger partial charge < -0.3 is 14.4 Å². The molecule has 2 aromatic carbocycles. The number of nitrogens with zero attached hydrogens (tertiary/aromatic N) is 1.